The molecular formula is C35H30Cl2N6O7S. The summed E-state index contributed by atoms with van der Waals surface area (Å²) in [6, 6.07) is 15.3. The normalized spacial score (nSPS) is 13.8. The number of ether oxygens (including phenoxy) is 2. The molecule has 1 fully saturated rings. The van der Waals surface area contributed by atoms with Gasteiger partial charge in [0.1, 0.15) is 6.54 Å². The Morgan fingerprint density at radius 2 is 1.73 bits per heavy atom. The van der Waals surface area contributed by atoms with Gasteiger partial charge in [-0.2, -0.15) is 4.98 Å². The van der Waals surface area contributed by atoms with E-state index in [1.807, 2.05) is 26.0 Å². The summed E-state index contributed by atoms with van der Waals surface area (Å²) < 4.78 is 15.5. The van der Waals surface area contributed by atoms with Crippen molar-refractivity contribution in [1.29, 1.82) is 0 Å². The van der Waals surface area contributed by atoms with Crippen LogP contribution in [0.5, 0.6) is 17.5 Å². The molecule has 1 saturated heterocycles. The van der Waals surface area contributed by atoms with Crippen LogP contribution in [0, 0.1) is 13.8 Å². The highest BCUT2D eigenvalue weighted by Gasteiger charge is 2.36. The molecule has 2 aromatic heterocycles. The van der Waals surface area contributed by atoms with E-state index in [0.29, 0.717) is 26.9 Å². The number of halogens is 2. The van der Waals surface area contributed by atoms with Crippen molar-refractivity contribution >= 4 is 74.9 Å². The fourth-order valence-corrected chi connectivity index (χ4v) is 6.81. The Morgan fingerprint density at radius 3 is 2.43 bits per heavy atom. The number of imidazole rings is 1. The van der Waals surface area contributed by atoms with Crippen LogP contribution < -0.4 is 26.0 Å². The number of thioether (sulfide) groups is 1. The molecule has 0 spiro atoms. The summed E-state index contributed by atoms with van der Waals surface area (Å²) in [6.45, 7) is 3.40. The summed E-state index contributed by atoms with van der Waals surface area (Å²) in [4.78, 5) is 70.3. The second-order valence-electron chi connectivity index (χ2n) is 11.7. The van der Waals surface area contributed by atoms with Crippen LogP contribution in [-0.2, 0) is 30.2 Å². The number of hydrogen-bond acceptors (Lipinski definition) is 9. The van der Waals surface area contributed by atoms with Gasteiger partial charge in [0.15, 0.2) is 22.7 Å². The van der Waals surface area contributed by atoms with Gasteiger partial charge in [-0.25, -0.2) is 4.79 Å². The number of anilines is 1. The summed E-state index contributed by atoms with van der Waals surface area (Å²) in [6.07, 6.45) is 1.51. The fraction of sp³-hybridized carbons (Fsp3) is 0.200. The fourth-order valence-electron chi connectivity index (χ4n) is 5.50. The molecule has 16 heteroatoms. The minimum absolute atomic E-state index is 0.0272. The quantitative estimate of drug-likeness (QED) is 0.183. The van der Waals surface area contributed by atoms with Crippen LogP contribution in [0.2, 0.25) is 10.0 Å². The van der Waals surface area contributed by atoms with Gasteiger partial charge in [-0.1, -0.05) is 53.0 Å². The van der Waals surface area contributed by atoms with E-state index in [-0.39, 0.29) is 40.1 Å². The molecule has 3 aromatic carbocycles. The first kappa shape index (κ1) is 35.5. The number of rotatable bonds is 9. The first-order valence-electron chi connectivity index (χ1n) is 15.3. The second kappa shape index (κ2) is 14.1. The number of carbonyl (C=O) groups is 3. The molecule has 6 rings (SSSR count). The number of nitrogens with one attached hydrogen (secondary N) is 1. The zero-order chi connectivity index (χ0) is 36.7. The number of carbonyl (C=O) groups excluding carboxylic acids is 3. The van der Waals surface area contributed by atoms with E-state index in [2.05, 4.69) is 10.3 Å². The molecule has 0 saturated carbocycles. The van der Waals surface area contributed by atoms with Crippen LogP contribution in [0.4, 0.5) is 10.5 Å². The van der Waals surface area contributed by atoms with Crippen LogP contribution in [0.3, 0.4) is 0 Å². The lowest BCUT2D eigenvalue weighted by molar-refractivity contribution is -0.127. The standard InChI is InChI=1S/C35H30Cl2N6O7S/c1-18-6-10-24(19(2)12-18)38-28(44)17-43-31(45)27(51-35(43)48)14-20-7-11-25(26(13-20)49-5)50-33-39-30-29(32(46)41(4)34(47)40(30)3)42(33)16-21-8-9-22(36)15-23(21)37/h6-15H,16-17H2,1-5H3,(H,38,44)/b27-14-. The number of hydrogen-bond donors (Lipinski definition) is 1. The maximum atomic E-state index is 13.4. The third-order valence-electron chi connectivity index (χ3n) is 8.17. The number of benzene rings is 3. The zero-order valence-corrected chi connectivity index (χ0v) is 30.3. The van der Waals surface area contributed by atoms with Crippen LogP contribution in [0.1, 0.15) is 22.3 Å². The molecule has 0 radical (unpaired) electrons. The van der Waals surface area contributed by atoms with E-state index in [0.717, 1.165) is 32.4 Å². The Kier molecular flexibility index (Phi) is 9.84. The monoisotopic (exact) mass is 748 g/mol. The molecule has 0 atom stereocenters. The minimum Gasteiger partial charge on any atom is -0.493 e. The number of amides is 3. The summed E-state index contributed by atoms with van der Waals surface area (Å²) in [7, 11) is 4.29. The van der Waals surface area contributed by atoms with Crippen molar-refractivity contribution in [3.63, 3.8) is 0 Å². The first-order valence-corrected chi connectivity index (χ1v) is 16.9. The molecule has 0 unspecified atom stereocenters. The Morgan fingerprint density at radius 1 is 0.961 bits per heavy atom. The smallest absolute Gasteiger partial charge is 0.332 e. The molecule has 5 aromatic rings. The second-order valence-corrected chi connectivity index (χ2v) is 13.6. The molecular weight excluding hydrogens is 719 g/mol. The summed E-state index contributed by atoms with van der Waals surface area (Å²) in [5, 5.41) is 2.97. The minimum atomic E-state index is -0.609. The topological polar surface area (TPSA) is 147 Å². The Balaban J connectivity index is 1.28. The molecule has 1 N–H and O–H groups in total. The van der Waals surface area contributed by atoms with Crippen LogP contribution in [0.15, 0.2) is 69.1 Å². The van der Waals surface area contributed by atoms with Gasteiger partial charge in [0.2, 0.25) is 5.91 Å². The number of fused-ring (bicyclic) bond motifs is 1. The zero-order valence-electron chi connectivity index (χ0n) is 27.9. The molecule has 1 aliphatic rings. The number of aryl methyl sites for hydroxylation is 3. The van der Waals surface area contributed by atoms with E-state index in [4.69, 9.17) is 32.7 Å². The highest BCUT2D eigenvalue weighted by molar-refractivity contribution is 8.18. The molecule has 1 aliphatic heterocycles. The number of nitrogens with zero attached hydrogens (tertiary/aromatic N) is 5. The van der Waals surface area contributed by atoms with E-state index in [1.54, 1.807) is 42.5 Å². The van der Waals surface area contributed by atoms with Gasteiger partial charge in [0, 0.05) is 29.8 Å². The summed E-state index contributed by atoms with van der Waals surface area (Å²) in [5.74, 6) is -0.676. The summed E-state index contributed by atoms with van der Waals surface area (Å²) >= 11 is 13.3. The third-order valence-corrected chi connectivity index (χ3v) is 9.67. The van der Waals surface area contributed by atoms with Gasteiger partial charge >= 0.3 is 11.7 Å². The van der Waals surface area contributed by atoms with E-state index < -0.39 is 34.8 Å². The third kappa shape index (κ3) is 7.02. The lowest BCUT2D eigenvalue weighted by Crippen LogP contribution is -2.37. The molecule has 51 heavy (non-hydrogen) atoms. The van der Waals surface area contributed by atoms with Crippen LogP contribution in [-0.4, -0.2) is 54.3 Å². The van der Waals surface area contributed by atoms with Crippen molar-refractivity contribution in [3.05, 3.63) is 113 Å². The molecule has 262 valence electrons. The van der Waals surface area contributed by atoms with Crippen molar-refractivity contribution in [1.82, 2.24) is 23.6 Å². The summed E-state index contributed by atoms with van der Waals surface area (Å²) in [5.41, 5.74) is 2.66. The van der Waals surface area contributed by atoms with Gasteiger partial charge < -0.3 is 14.8 Å². The van der Waals surface area contributed by atoms with Crippen molar-refractivity contribution in [2.24, 2.45) is 14.1 Å². The molecule has 13 nitrogen and oxygen atoms in total. The van der Waals surface area contributed by atoms with Gasteiger partial charge in [-0.3, -0.25) is 37.8 Å². The van der Waals surface area contributed by atoms with Gasteiger partial charge in [-0.15, -0.1) is 0 Å². The number of methoxy groups -OCH3 is 1. The van der Waals surface area contributed by atoms with Gasteiger partial charge in [0.05, 0.1) is 18.6 Å². The van der Waals surface area contributed by atoms with Crippen LogP contribution >= 0.6 is 35.0 Å². The Labute approximate surface area is 305 Å². The SMILES string of the molecule is COc1cc(/C=C2\SC(=O)N(CC(=O)Nc3ccc(C)cc3C)C2=O)ccc1Oc1nc2c(c(=O)n(C)c(=O)n2C)n1Cc1ccc(Cl)cc1Cl. The predicted octanol–water partition coefficient (Wildman–Crippen LogP) is 5.88. The maximum Gasteiger partial charge on any atom is 0.332 e. The maximum absolute atomic E-state index is 13.4. The number of aromatic nitrogens is 4. The molecule has 0 aliphatic carbocycles. The lowest BCUT2D eigenvalue weighted by atomic mass is 10.1. The van der Waals surface area contributed by atoms with Crippen molar-refractivity contribution < 1.29 is 23.9 Å². The number of imide groups is 1. The Bertz CT molecular complexity index is 2430. The Hall–Kier alpha value is -5.31. The average Bonchev–Trinajstić information content (AvgIpc) is 3.57. The van der Waals surface area contributed by atoms with Gasteiger partial charge in [-0.05, 0) is 78.7 Å². The van der Waals surface area contributed by atoms with E-state index >= 15 is 0 Å². The lowest BCUT2D eigenvalue weighted by Gasteiger charge is -2.14. The van der Waals surface area contributed by atoms with Crippen molar-refractivity contribution in [3.8, 4) is 17.5 Å². The molecule has 0 bridgehead atoms. The van der Waals surface area contributed by atoms with Gasteiger partial charge in [0.25, 0.3) is 16.7 Å². The van der Waals surface area contributed by atoms with Crippen LogP contribution in [0.25, 0.3) is 17.2 Å². The molecule has 3 heterocycles. The first-order chi connectivity index (χ1) is 24.2. The van der Waals surface area contributed by atoms with Crippen molar-refractivity contribution in [2.45, 2.75) is 20.4 Å². The van der Waals surface area contributed by atoms with E-state index in [9.17, 15) is 24.0 Å². The largest absolute Gasteiger partial charge is 0.493 e. The van der Waals surface area contributed by atoms with E-state index in [1.165, 1.54) is 36.4 Å². The molecule has 3 amide bonds. The van der Waals surface area contributed by atoms with Crippen molar-refractivity contribution in [2.75, 3.05) is 19.0 Å². The predicted molar refractivity (Wildman–Crippen MR) is 196 cm³/mol. The highest BCUT2D eigenvalue weighted by Crippen LogP contribution is 2.37. The average molecular weight is 750 g/mol. The highest BCUT2D eigenvalue weighted by atomic mass is 35.5.